The Bertz CT molecular complexity index is 1230. The molecule has 40 heavy (non-hydrogen) atoms. The van der Waals surface area contributed by atoms with Crippen LogP contribution in [-0.4, -0.2) is 81.5 Å². The number of sulfonamides is 1. The Morgan fingerprint density at radius 3 is 2.27 bits per heavy atom. The van der Waals surface area contributed by atoms with Crippen molar-refractivity contribution in [2.45, 2.75) is 68.8 Å². The number of aryl methyl sites for hydroxylation is 1. The zero-order valence-electron chi connectivity index (χ0n) is 23.5. The number of carbonyl (C=O) groups is 2. The molecule has 1 N–H and O–H groups in total. The molecule has 0 saturated carbocycles. The molecule has 218 valence electrons. The predicted octanol–water partition coefficient (Wildman–Crippen LogP) is 3.30. The minimum atomic E-state index is -3.85. The highest BCUT2D eigenvalue weighted by Gasteiger charge is 2.40. The average Bonchev–Trinajstić information content (AvgIpc) is 3.32. The fourth-order valence-corrected chi connectivity index (χ4v) is 7.01. The van der Waals surface area contributed by atoms with E-state index in [0.717, 1.165) is 36.5 Å². The first-order valence-electron chi connectivity index (χ1n) is 14.2. The van der Waals surface area contributed by atoms with Crippen LogP contribution in [0.3, 0.4) is 0 Å². The summed E-state index contributed by atoms with van der Waals surface area (Å²) < 4.78 is 38.7. The van der Waals surface area contributed by atoms with E-state index in [1.54, 1.807) is 24.3 Å². The van der Waals surface area contributed by atoms with E-state index in [1.165, 1.54) is 37.1 Å². The van der Waals surface area contributed by atoms with E-state index in [2.05, 4.69) is 10.2 Å². The number of benzene rings is 2. The van der Waals surface area contributed by atoms with Crippen LogP contribution in [0.15, 0.2) is 53.4 Å². The molecule has 2 atom stereocenters. The summed E-state index contributed by atoms with van der Waals surface area (Å²) in [6.07, 6.45) is 6.25. The van der Waals surface area contributed by atoms with Gasteiger partial charge < -0.3 is 14.8 Å². The third kappa shape index (κ3) is 7.83. The SMILES string of the molecule is COC(=O)[C@H](Cc1ccc(OCCN2CCCCCC2)cc1)NC(=O)[C@@H]1CCCN1S(=O)(=O)c1ccc(C)cc1. The van der Waals surface area contributed by atoms with E-state index in [0.29, 0.717) is 19.4 Å². The van der Waals surface area contributed by atoms with Gasteiger partial charge in [-0.05, 0) is 75.5 Å². The molecule has 2 aliphatic heterocycles. The van der Waals surface area contributed by atoms with Gasteiger partial charge in [-0.2, -0.15) is 4.31 Å². The van der Waals surface area contributed by atoms with E-state index >= 15 is 0 Å². The summed E-state index contributed by atoms with van der Waals surface area (Å²) in [6.45, 7) is 5.89. The monoisotopic (exact) mass is 571 g/mol. The number of amides is 1. The molecule has 10 heteroatoms. The Kier molecular flexibility index (Phi) is 10.6. The lowest BCUT2D eigenvalue weighted by Gasteiger charge is -2.25. The number of nitrogens with one attached hydrogen (secondary N) is 1. The van der Waals surface area contributed by atoms with Crippen molar-refractivity contribution in [2.75, 3.05) is 39.9 Å². The average molecular weight is 572 g/mol. The molecular formula is C30H41N3O6S. The first-order valence-corrected chi connectivity index (χ1v) is 15.6. The standard InChI is InChI=1S/C30H41N3O6S/c1-23-9-15-26(16-10-23)40(36,37)33-19-7-8-28(33)29(34)31-27(30(35)38-2)22-24-11-13-25(14-12-24)39-21-20-32-17-5-3-4-6-18-32/h9-16,27-28H,3-8,17-22H2,1-2H3,(H,31,34)/t27-,28-/m0/s1. The summed E-state index contributed by atoms with van der Waals surface area (Å²) in [5, 5.41) is 2.75. The van der Waals surface area contributed by atoms with Crippen molar-refractivity contribution in [2.24, 2.45) is 0 Å². The van der Waals surface area contributed by atoms with Gasteiger partial charge in [0.15, 0.2) is 0 Å². The van der Waals surface area contributed by atoms with E-state index in [9.17, 15) is 18.0 Å². The van der Waals surface area contributed by atoms with Crippen LogP contribution in [0, 0.1) is 6.92 Å². The van der Waals surface area contributed by atoms with E-state index in [4.69, 9.17) is 9.47 Å². The summed E-state index contributed by atoms with van der Waals surface area (Å²) in [5.74, 6) is -0.339. The maximum absolute atomic E-state index is 13.3. The third-order valence-corrected chi connectivity index (χ3v) is 9.60. The maximum atomic E-state index is 13.3. The predicted molar refractivity (Wildman–Crippen MR) is 153 cm³/mol. The van der Waals surface area contributed by atoms with Gasteiger partial charge in [-0.25, -0.2) is 13.2 Å². The highest BCUT2D eigenvalue weighted by atomic mass is 32.2. The largest absolute Gasteiger partial charge is 0.492 e. The van der Waals surface area contributed by atoms with Crippen LogP contribution in [0.2, 0.25) is 0 Å². The normalized spacial score (nSPS) is 19.5. The molecule has 2 heterocycles. The van der Waals surface area contributed by atoms with Crippen molar-refractivity contribution in [1.82, 2.24) is 14.5 Å². The van der Waals surface area contributed by atoms with Crippen molar-refractivity contribution >= 4 is 21.9 Å². The Balaban J connectivity index is 1.35. The molecule has 0 spiro atoms. The van der Waals surface area contributed by atoms with Gasteiger partial charge in [0, 0.05) is 19.5 Å². The molecule has 2 aromatic rings. The number of nitrogens with zero attached hydrogens (tertiary/aromatic N) is 2. The van der Waals surface area contributed by atoms with Crippen LogP contribution < -0.4 is 10.1 Å². The quantitative estimate of drug-likeness (QED) is 0.413. The first kappa shape index (κ1) is 30.0. The number of hydrogen-bond donors (Lipinski definition) is 1. The lowest BCUT2D eigenvalue weighted by Crippen LogP contribution is -2.51. The first-order chi connectivity index (χ1) is 19.3. The van der Waals surface area contributed by atoms with Gasteiger partial charge in [0.2, 0.25) is 15.9 Å². The van der Waals surface area contributed by atoms with Crippen LogP contribution in [-0.2, 0) is 30.8 Å². The van der Waals surface area contributed by atoms with Crippen LogP contribution in [0.5, 0.6) is 5.75 Å². The summed E-state index contributed by atoms with van der Waals surface area (Å²) >= 11 is 0. The summed E-state index contributed by atoms with van der Waals surface area (Å²) in [6, 6.07) is 12.2. The van der Waals surface area contributed by atoms with Crippen LogP contribution in [0.4, 0.5) is 0 Å². The number of methoxy groups -OCH3 is 1. The number of rotatable bonds is 11. The zero-order chi connectivity index (χ0) is 28.5. The second-order valence-electron chi connectivity index (χ2n) is 10.6. The molecule has 0 unspecified atom stereocenters. The van der Waals surface area contributed by atoms with Gasteiger partial charge >= 0.3 is 5.97 Å². The second kappa shape index (κ2) is 14.1. The third-order valence-electron chi connectivity index (χ3n) is 7.67. The number of hydrogen-bond acceptors (Lipinski definition) is 7. The maximum Gasteiger partial charge on any atom is 0.328 e. The topological polar surface area (TPSA) is 105 Å². The molecule has 1 amide bonds. The van der Waals surface area contributed by atoms with Crippen molar-refractivity contribution < 1.29 is 27.5 Å². The van der Waals surface area contributed by atoms with Crippen molar-refractivity contribution in [3.8, 4) is 5.75 Å². The molecule has 0 radical (unpaired) electrons. The van der Waals surface area contributed by atoms with Gasteiger partial charge in [0.25, 0.3) is 0 Å². The fourth-order valence-electron chi connectivity index (χ4n) is 5.35. The van der Waals surface area contributed by atoms with Crippen LogP contribution in [0.1, 0.15) is 49.7 Å². The molecular weight excluding hydrogens is 530 g/mol. The Morgan fingerprint density at radius 1 is 0.950 bits per heavy atom. The van der Waals surface area contributed by atoms with Crippen molar-refractivity contribution in [3.05, 3.63) is 59.7 Å². The van der Waals surface area contributed by atoms with Gasteiger partial charge in [-0.15, -0.1) is 0 Å². The van der Waals surface area contributed by atoms with Crippen LogP contribution in [0.25, 0.3) is 0 Å². The highest BCUT2D eigenvalue weighted by Crippen LogP contribution is 2.27. The smallest absolute Gasteiger partial charge is 0.328 e. The van der Waals surface area contributed by atoms with E-state index in [1.807, 2.05) is 31.2 Å². The van der Waals surface area contributed by atoms with Gasteiger partial charge in [0.05, 0.1) is 12.0 Å². The molecule has 2 aromatic carbocycles. The lowest BCUT2D eigenvalue weighted by molar-refractivity contribution is -0.145. The molecule has 2 saturated heterocycles. The van der Waals surface area contributed by atoms with Gasteiger partial charge in [0.1, 0.15) is 24.4 Å². The van der Waals surface area contributed by atoms with Gasteiger partial charge in [-0.3, -0.25) is 9.69 Å². The molecule has 4 rings (SSSR count). The van der Waals surface area contributed by atoms with E-state index < -0.39 is 34.0 Å². The van der Waals surface area contributed by atoms with Crippen LogP contribution >= 0.6 is 0 Å². The Morgan fingerprint density at radius 2 is 1.62 bits per heavy atom. The summed E-state index contributed by atoms with van der Waals surface area (Å²) in [5.41, 5.74) is 1.77. The Labute approximate surface area is 237 Å². The molecule has 0 aliphatic carbocycles. The Hall–Kier alpha value is -2.95. The second-order valence-corrected chi connectivity index (χ2v) is 12.5. The summed E-state index contributed by atoms with van der Waals surface area (Å²) in [7, 11) is -2.58. The van der Waals surface area contributed by atoms with E-state index in [-0.39, 0.29) is 17.9 Å². The summed E-state index contributed by atoms with van der Waals surface area (Å²) in [4.78, 5) is 28.5. The number of carbonyl (C=O) groups excluding carboxylic acids is 2. The van der Waals surface area contributed by atoms with Gasteiger partial charge in [-0.1, -0.05) is 42.7 Å². The number of likely N-dealkylation sites (tertiary alicyclic amines) is 1. The fraction of sp³-hybridized carbons (Fsp3) is 0.533. The van der Waals surface area contributed by atoms with Crippen molar-refractivity contribution in [3.63, 3.8) is 0 Å². The zero-order valence-corrected chi connectivity index (χ0v) is 24.3. The minimum Gasteiger partial charge on any atom is -0.492 e. The highest BCUT2D eigenvalue weighted by molar-refractivity contribution is 7.89. The molecule has 0 aromatic heterocycles. The molecule has 9 nitrogen and oxygen atoms in total. The number of esters is 1. The minimum absolute atomic E-state index is 0.149. The van der Waals surface area contributed by atoms with Crippen molar-refractivity contribution in [1.29, 1.82) is 0 Å². The molecule has 2 aliphatic rings. The molecule has 2 fully saturated rings. The molecule has 0 bridgehead atoms. The lowest BCUT2D eigenvalue weighted by atomic mass is 10.0. The number of ether oxygens (including phenoxy) is 2.